The first kappa shape index (κ1) is 15.3. The molecule has 0 amide bonds. The Labute approximate surface area is 120 Å². The first-order chi connectivity index (χ1) is 9.49. The van der Waals surface area contributed by atoms with Gasteiger partial charge in [-0.05, 0) is 55.9 Å². The lowest BCUT2D eigenvalue weighted by molar-refractivity contribution is 0.0576. The molecule has 2 rings (SSSR count). The third kappa shape index (κ3) is 3.49. The third-order valence-corrected chi connectivity index (χ3v) is 4.00. The van der Waals surface area contributed by atoms with Crippen LogP contribution in [-0.2, 0) is 4.74 Å². The fraction of sp³-hybridized carbons (Fsp3) is 0.625. The Morgan fingerprint density at radius 1 is 1.50 bits per heavy atom. The van der Waals surface area contributed by atoms with E-state index in [1.54, 1.807) is 13.0 Å². The predicted molar refractivity (Wildman–Crippen MR) is 80.6 cm³/mol. The average molecular weight is 280 g/mol. The van der Waals surface area contributed by atoms with Gasteiger partial charge in [-0.1, -0.05) is 0 Å². The summed E-state index contributed by atoms with van der Waals surface area (Å²) in [4.78, 5) is 2.18. The van der Waals surface area contributed by atoms with E-state index >= 15 is 0 Å². The lowest BCUT2D eigenvalue weighted by Gasteiger charge is -2.30. The highest BCUT2D eigenvalue weighted by molar-refractivity contribution is 5.56. The molecule has 0 aliphatic carbocycles. The maximum Gasteiger partial charge on any atom is 0.126 e. The van der Waals surface area contributed by atoms with Crippen molar-refractivity contribution >= 4 is 5.69 Å². The number of aryl methyl sites for hydroxylation is 1. The van der Waals surface area contributed by atoms with Gasteiger partial charge in [0, 0.05) is 31.9 Å². The monoisotopic (exact) mass is 280 g/mol. The number of hydrogen-bond donors (Lipinski definition) is 1. The van der Waals surface area contributed by atoms with Gasteiger partial charge in [0.15, 0.2) is 0 Å². The molecule has 0 aromatic heterocycles. The molecule has 3 nitrogen and oxygen atoms in total. The van der Waals surface area contributed by atoms with E-state index in [-0.39, 0.29) is 11.9 Å². The molecule has 1 aromatic carbocycles. The van der Waals surface area contributed by atoms with Crippen LogP contribution in [0.25, 0.3) is 0 Å². The fourth-order valence-electron chi connectivity index (χ4n) is 2.81. The van der Waals surface area contributed by atoms with Crippen molar-refractivity contribution in [1.82, 2.24) is 0 Å². The van der Waals surface area contributed by atoms with Crippen molar-refractivity contribution in [1.29, 1.82) is 0 Å². The summed E-state index contributed by atoms with van der Waals surface area (Å²) in [5.41, 5.74) is 8.55. The molecule has 2 atom stereocenters. The standard InChI is InChI=1S/C16H25FN2O/c1-11-7-16(14(12(2)18)8-15(11)17)19(3)9-13-5-4-6-20-10-13/h7-8,12-13H,4-6,9-10,18H2,1-3H3. The summed E-state index contributed by atoms with van der Waals surface area (Å²) in [5.74, 6) is 0.357. The molecule has 4 heteroatoms. The predicted octanol–water partition coefficient (Wildman–Crippen LogP) is 3.02. The number of nitrogens with zero attached hydrogens (tertiary/aromatic N) is 1. The molecule has 1 saturated heterocycles. The van der Waals surface area contributed by atoms with Crippen LogP contribution < -0.4 is 10.6 Å². The molecule has 1 aliphatic rings. The summed E-state index contributed by atoms with van der Waals surface area (Å²) >= 11 is 0. The van der Waals surface area contributed by atoms with Gasteiger partial charge in [0.05, 0.1) is 6.61 Å². The smallest absolute Gasteiger partial charge is 0.126 e. The van der Waals surface area contributed by atoms with Crippen LogP contribution in [0.4, 0.5) is 10.1 Å². The Bertz CT molecular complexity index is 456. The number of nitrogens with two attached hydrogens (primary N) is 1. The Morgan fingerprint density at radius 2 is 2.25 bits per heavy atom. The molecular formula is C16H25FN2O. The topological polar surface area (TPSA) is 38.5 Å². The Balaban J connectivity index is 2.19. The first-order valence-corrected chi connectivity index (χ1v) is 7.33. The molecule has 2 N–H and O–H groups in total. The van der Waals surface area contributed by atoms with E-state index in [2.05, 4.69) is 4.90 Å². The molecule has 1 heterocycles. The van der Waals surface area contributed by atoms with E-state index in [1.165, 1.54) is 6.42 Å². The molecule has 20 heavy (non-hydrogen) atoms. The molecule has 0 saturated carbocycles. The average Bonchev–Trinajstić information content (AvgIpc) is 2.42. The first-order valence-electron chi connectivity index (χ1n) is 7.33. The molecule has 112 valence electrons. The molecule has 1 aromatic rings. The Hall–Kier alpha value is -1.13. The molecule has 0 radical (unpaired) electrons. The van der Waals surface area contributed by atoms with Crippen molar-refractivity contribution < 1.29 is 9.13 Å². The van der Waals surface area contributed by atoms with Gasteiger partial charge in [0.1, 0.15) is 5.82 Å². The van der Waals surface area contributed by atoms with E-state index in [9.17, 15) is 4.39 Å². The van der Waals surface area contributed by atoms with E-state index < -0.39 is 0 Å². The minimum absolute atomic E-state index is 0.176. The summed E-state index contributed by atoms with van der Waals surface area (Å²) in [6.07, 6.45) is 2.32. The number of ether oxygens (including phenoxy) is 1. The number of halogens is 1. The summed E-state index contributed by atoms with van der Waals surface area (Å²) in [5, 5.41) is 0. The Morgan fingerprint density at radius 3 is 2.85 bits per heavy atom. The van der Waals surface area contributed by atoms with Crippen molar-refractivity contribution in [2.45, 2.75) is 32.7 Å². The maximum absolute atomic E-state index is 13.7. The molecule has 1 fully saturated rings. The minimum atomic E-state index is -0.185. The van der Waals surface area contributed by atoms with Gasteiger partial charge in [0.25, 0.3) is 0 Å². The molecule has 0 spiro atoms. The van der Waals surface area contributed by atoms with Crippen LogP contribution in [0.1, 0.15) is 36.9 Å². The van der Waals surface area contributed by atoms with Crippen molar-refractivity contribution in [3.05, 3.63) is 29.1 Å². The quantitative estimate of drug-likeness (QED) is 0.921. The number of hydrogen-bond acceptors (Lipinski definition) is 3. The zero-order chi connectivity index (χ0) is 14.7. The van der Waals surface area contributed by atoms with E-state index in [4.69, 9.17) is 10.5 Å². The van der Waals surface area contributed by atoms with Crippen LogP contribution in [0, 0.1) is 18.7 Å². The molecule has 1 aliphatic heterocycles. The van der Waals surface area contributed by atoms with Gasteiger partial charge in [-0.15, -0.1) is 0 Å². The highest BCUT2D eigenvalue weighted by Crippen LogP contribution is 2.29. The largest absolute Gasteiger partial charge is 0.381 e. The van der Waals surface area contributed by atoms with Crippen molar-refractivity contribution in [2.75, 3.05) is 31.7 Å². The molecule has 0 bridgehead atoms. The van der Waals surface area contributed by atoms with Crippen molar-refractivity contribution in [3.63, 3.8) is 0 Å². The van der Waals surface area contributed by atoms with Crippen LogP contribution in [0.15, 0.2) is 12.1 Å². The van der Waals surface area contributed by atoms with Crippen LogP contribution in [-0.4, -0.2) is 26.8 Å². The van der Waals surface area contributed by atoms with E-state index in [0.717, 1.165) is 37.4 Å². The number of benzene rings is 1. The summed E-state index contributed by atoms with van der Waals surface area (Å²) in [7, 11) is 2.05. The second-order valence-electron chi connectivity index (χ2n) is 5.91. The van der Waals surface area contributed by atoms with Crippen molar-refractivity contribution in [2.24, 2.45) is 11.7 Å². The van der Waals surface area contributed by atoms with Gasteiger partial charge in [-0.25, -0.2) is 4.39 Å². The highest BCUT2D eigenvalue weighted by Gasteiger charge is 2.19. The zero-order valence-electron chi connectivity index (χ0n) is 12.7. The van der Waals surface area contributed by atoms with E-state index in [0.29, 0.717) is 11.5 Å². The summed E-state index contributed by atoms with van der Waals surface area (Å²) in [6.45, 7) is 6.30. The maximum atomic E-state index is 13.7. The normalized spacial score (nSPS) is 20.8. The summed E-state index contributed by atoms with van der Waals surface area (Å²) in [6, 6.07) is 3.30. The van der Waals surface area contributed by atoms with Crippen LogP contribution >= 0.6 is 0 Å². The summed E-state index contributed by atoms with van der Waals surface area (Å²) < 4.78 is 19.3. The number of rotatable bonds is 4. The second-order valence-corrected chi connectivity index (χ2v) is 5.91. The molecular weight excluding hydrogens is 255 g/mol. The van der Waals surface area contributed by atoms with Crippen LogP contribution in [0.5, 0.6) is 0 Å². The van der Waals surface area contributed by atoms with Crippen LogP contribution in [0.3, 0.4) is 0 Å². The zero-order valence-corrected chi connectivity index (χ0v) is 12.7. The highest BCUT2D eigenvalue weighted by atomic mass is 19.1. The van der Waals surface area contributed by atoms with E-state index in [1.807, 2.05) is 20.0 Å². The fourth-order valence-corrected chi connectivity index (χ4v) is 2.81. The molecule has 2 unspecified atom stereocenters. The van der Waals surface area contributed by atoms with Gasteiger partial charge in [0.2, 0.25) is 0 Å². The third-order valence-electron chi connectivity index (χ3n) is 4.00. The SMILES string of the molecule is Cc1cc(N(C)CC2CCCOC2)c(C(C)N)cc1F. The Kier molecular flexibility index (Phi) is 5.00. The minimum Gasteiger partial charge on any atom is -0.381 e. The second kappa shape index (κ2) is 6.55. The lowest BCUT2D eigenvalue weighted by atomic mass is 9.99. The lowest BCUT2D eigenvalue weighted by Crippen LogP contribution is -2.32. The van der Waals surface area contributed by atoms with Gasteiger partial charge in [-0.3, -0.25) is 0 Å². The van der Waals surface area contributed by atoms with Crippen molar-refractivity contribution in [3.8, 4) is 0 Å². The van der Waals surface area contributed by atoms with Crippen LogP contribution in [0.2, 0.25) is 0 Å². The number of anilines is 1. The van der Waals surface area contributed by atoms with Gasteiger partial charge < -0.3 is 15.4 Å². The van der Waals surface area contributed by atoms with Gasteiger partial charge >= 0.3 is 0 Å². The van der Waals surface area contributed by atoms with Gasteiger partial charge in [-0.2, -0.15) is 0 Å².